The van der Waals surface area contributed by atoms with Crippen LogP contribution in [0, 0.1) is 11.8 Å². The second-order valence-corrected chi connectivity index (χ2v) is 7.14. The first-order valence-electron chi connectivity index (χ1n) is 8.75. The van der Waals surface area contributed by atoms with Crippen LogP contribution in [0.2, 0.25) is 0 Å². The van der Waals surface area contributed by atoms with Crippen LogP contribution in [0.4, 0.5) is 0 Å². The Bertz CT molecular complexity index is 487. The molecule has 0 aliphatic carbocycles. The molecule has 1 rings (SSSR count). The number of ketones is 2. The third-order valence-electron chi connectivity index (χ3n) is 4.20. The molecule has 134 valence electrons. The summed E-state index contributed by atoms with van der Waals surface area (Å²) in [4.78, 5) is 23.2. The van der Waals surface area contributed by atoms with Crippen molar-refractivity contribution in [3.05, 3.63) is 35.9 Å². The fourth-order valence-corrected chi connectivity index (χ4v) is 2.83. The molecule has 24 heavy (non-hydrogen) atoms. The number of ether oxygens (including phenoxy) is 1. The molecule has 0 N–H and O–H groups in total. The number of alkyl halides is 1. The maximum atomic E-state index is 12.0. The zero-order valence-electron chi connectivity index (χ0n) is 14.8. The van der Waals surface area contributed by atoms with Gasteiger partial charge in [0.15, 0.2) is 0 Å². The summed E-state index contributed by atoms with van der Waals surface area (Å²) in [6, 6.07) is 10.2. The Kier molecular flexibility index (Phi) is 10.9. The highest BCUT2D eigenvalue weighted by Crippen LogP contribution is 2.16. The summed E-state index contributed by atoms with van der Waals surface area (Å²) in [5.74, 6) is 0.841. The van der Waals surface area contributed by atoms with Gasteiger partial charge < -0.3 is 4.74 Å². The zero-order chi connectivity index (χ0) is 17.8. The van der Waals surface area contributed by atoms with Gasteiger partial charge in [-0.3, -0.25) is 9.59 Å². The summed E-state index contributed by atoms with van der Waals surface area (Å²) in [6.07, 6.45) is 3.71. The first kappa shape index (κ1) is 21.0. The number of Topliss-reactive ketones (excluding diaryl/α,β-unsaturated/α-hetero) is 2. The summed E-state index contributed by atoms with van der Waals surface area (Å²) in [7, 11) is 0. The molecule has 2 atom stereocenters. The van der Waals surface area contributed by atoms with Gasteiger partial charge in [0.1, 0.15) is 11.6 Å². The lowest BCUT2D eigenvalue weighted by Gasteiger charge is -2.14. The Morgan fingerprint density at radius 2 is 1.79 bits per heavy atom. The molecule has 2 unspecified atom stereocenters. The van der Waals surface area contributed by atoms with Gasteiger partial charge in [0.05, 0.1) is 11.9 Å². The average Bonchev–Trinajstić information content (AvgIpc) is 2.60. The van der Waals surface area contributed by atoms with Crippen molar-refractivity contribution >= 4 is 27.5 Å². The summed E-state index contributed by atoms with van der Waals surface area (Å²) in [5, 5.41) is 0.342. The maximum Gasteiger partial charge on any atom is 0.143 e. The van der Waals surface area contributed by atoms with Gasteiger partial charge in [-0.1, -0.05) is 66.5 Å². The van der Waals surface area contributed by atoms with Crippen molar-refractivity contribution in [1.82, 2.24) is 0 Å². The smallest absolute Gasteiger partial charge is 0.143 e. The lowest BCUT2D eigenvalue weighted by atomic mass is 9.94. The van der Waals surface area contributed by atoms with Crippen LogP contribution in [0.25, 0.3) is 0 Å². The van der Waals surface area contributed by atoms with E-state index in [1.54, 1.807) is 0 Å². The molecule has 0 aliphatic heterocycles. The highest BCUT2D eigenvalue weighted by atomic mass is 79.9. The third kappa shape index (κ3) is 9.33. The minimum atomic E-state index is 0.0468. The average molecular weight is 397 g/mol. The number of rotatable bonds is 13. The van der Waals surface area contributed by atoms with Gasteiger partial charge in [-0.25, -0.2) is 0 Å². The van der Waals surface area contributed by atoms with Gasteiger partial charge in [0, 0.05) is 25.4 Å². The molecule has 4 heteroatoms. The van der Waals surface area contributed by atoms with Crippen LogP contribution in [0.5, 0.6) is 0 Å². The van der Waals surface area contributed by atoms with Crippen molar-refractivity contribution in [2.45, 2.75) is 52.6 Å². The molecule has 0 spiro atoms. The highest BCUT2D eigenvalue weighted by molar-refractivity contribution is 9.09. The number of hydrogen-bond acceptors (Lipinski definition) is 3. The van der Waals surface area contributed by atoms with E-state index in [4.69, 9.17) is 4.74 Å². The molecule has 0 saturated carbocycles. The molecule has 0 fully saturated rings. The second kappa shape index (κ2) is 12.4. The van der Waals surface area contributed by atoms with Gasteiger partial charge in [-0.05, 0) is 24.3 Å². The monoisotopic (exact) mass is 396 g/mol. The Labute approximate surface area is 154 Å². The SMILES string of the molecule is CC(CCCC(C)C(=O)CCC(=O)CBr)COCc1ccccc1. The molecule has 3 nitrogen and oxygen atoms in total. The van der Waals surface area contributed by atoms with Crippen molar-refractivity contribution in [3.63, 3.8) is 0 Å². The Morgan fingerprint density at radius 1 is 1.08 bits per heavy atom. The lowest BCUT2D eigenvalue weighted by Crippen LogP contribution is -2.14. The lowest BCUT2D eigenvalue weighted by molar-refractivity contribution is -0.125. The molecule has 0 saturated heterocycles. The quantitative estimate of drug-likeness (QED) is 0.442. The first-order valence-corrected chi connectivity index (χ1v) is 9.87. The van der Waals surface area contributed by atoms with Crippen LogP contribution in [-0.4, -0.2) is 23.5 Å². The zero-order valence-corrected chi connectivity index (χ0v) is 16.4. The number of benzene rings is 1. The van der Waals surface area contributed by atoms with E-state index in [9.17, 15) is 9.59 Å². The van der Waals surface area contributed by atoms with E-state index in [0.29, 0.717) is 30.7 Å². The van der Waals surface area contributed by atoms with E-state index in [-0.39, 0.29) is 17.5 Å². The van der Waals surface area contributed by atoms with E-state index in [1.807, 2.05) is 25.1 Å². The van der Waals surface area contributed by atoms with Gasteiger partial charge in [0.2, 0.25) is 0 Å². The normalized spacial score (nSPS) is 13.5. The van der Waals surface area contributed by atoms with E-state index >= 15 is 0 Å². The fourth-order valence-electron chi connectivity index (χ4n) is 2.54. The van der Waals surface area contributed by atoms with Crippen LogP contribution in [0.15, 0.2) is 30.3 Å². The van der Waals surface area contributed by atoms with Crippen LogP contribution < -0.4 is 0 Å². The number of carbonyl (C=O) groups is 2. The van der Waals surface area contributed by atoms with Crippen molar-refractivity contribution in [2.24, 2.45) is 11.8 Å². The summed E-state index contributed by atoms with van der Waals surface area (Å²) in [6.45, 7) is 5.56. The van der Waals surface area contributed by atoms with E-state index in [2.05, 4.69) is 35.0 Å². The summed E-state index contributed by atoms with van der Waals surface area (Å²) < 4.78 is 5.75. The van der Waals surface area contributed by atoms with Crippen molar-refractivity contribution < 1.29 is 14.3 Å². The minimum absolute atomic E-state index is 0.0468. The molecule has 0 heterocycles. The summed E-state index contributed by atoms with van der Waals surface area (Å²) >= 11 is 3.12. The second-order valence-electron chi connectivity index (χ2n) is 6.58. The van der Waals surface area contributed by atoms with Gasteiger partial charge >= 0.3 is 0 Å². The van der Waals surface area contributed by atoms with Gasteiger partial charge in [-0.2, -0.15) is 0 Å². The molecule has 0 radical (unpaired) electrons. The standard InChI is InChI=1S/C20H29BrO3/c1-16(14-24-15-18-9-4-3-5-10-18)7-6-8-17(2)20(23)12-11-19(22)13-21/h3-5,9-10,16-17H,6-8,11-15H2,1-2H3. The molecular formula is C20H29BrO3. The van der Waals surface area contributed by atoms with Crippen molar-refractivity contribution in [3.8, 4) is 0 Å². The Morgan fingerprint density at radius 3 is 2.46 bits per heavy atom. The predicted octanol–water partition coefficient (Wildman–Crippen LogP) is 4.96. The molecule has 0 aromatic heterocycles. The minimum Gasteiger partial charge on any atom is -0.376 e. The maximum absolute atomic E-state index is 12.0. The van der Waals surface area contributed by atoms with Crippen LogP contribution in [0.3, 0.4) is 0 Å². The van der Waals surface area contributed by atoms with Gasteiger partial charge in [-0.15, -0.1) is 0 Å². The topological polar surface area (TPSA) is 43.4 Å². The molecule has 0 bridgehead atoms. The highest BCUT2D eigenvalue weighted by Gasteiger charge is 2.14. The molecular weight excluding hydrogens is 368 g/mol. The molecule has 0 aliphatic rings. The molecule has 1 aromatic carbocycles. The first-order chi connectivity index (χ1) is 11.5. The van der Waals surface area contributed by atoms with Crippen LogP contribution in [0.1, 0.15) is 51.5 Å². The largest absolute Gasteiger partial charge is 0.376 e. The van der Waals surface area contributed by atoms with E-state index in [0.717, 1.165) is 25.9 Å². The molecule has 1 aromatic rings. The number of hydrogen-bond donors (Lipinski definition) is 0. The number of carbonyl (C=O) groups excluding carboxylic acids is 2. The summed E-state index contributed by atoms with van der Waals surface area (Å²) in [5.41, 5.74) is 1.20. The van der Waals surface area contributed by atoms with Crippen molar-refractivity contribution in [2.75, 3.05) is 11.9 Å². The fraction of sp³-hybridized carbons (Fsp3) is 0.600. The van der Waals surface area contributed by atoms with Crippen LogP contribution >= 0.6 is 15.9 Å². The third-order valence-corrected chi connectivity index (χ3v) is 4.82. The van der Waals surface area contributed by atoms with E-state index in [1.165, 1.54) is 5.56 Å². The molecule has 0 amide bonds. The Balaban J connectivity index is 2.10. The Hall–Kier alpha value is -1.00. The van der Waals surface area contributed by atoms with E-state index < -0.39 is 0 Å². The predicted molar refractivity (Wildman–Crippen MR) is 101 cm³/mol. The number of halogens is 1. The van der Waals surface area contributed by atoms with Crippen molar-refractivity contribution in [1.29, 1.82) is 0 Å². The van der Waals surface area contributed by atoms with Gasteiger partial charge in [0.25, 0.3) is 0 Å². The van der Waals surface area contributed by atoms with Crippen LogP contribution in [-0.2, 0) is 20.9 Å².